The molecule has 5 nitrogen and oxygen atoms in total. The highest BCUT2D eigenvalue weighted by Crippen LogP contribution is 2.23. The van der Waals surface area contributed by atoms with E-state index in [1.54, 1.807) is 24.3 Å². The number of aryl methyl sites for hydroxylation is 1. The van der Waals surface area contributed by atoms with Gasteiger partial charge in [0.1, 0.15) is 10.7 Å². The molecule has 0 aliphatic rings. The van der Waals surface area contributed by atoms with Crippen LogP contribution in [0.4, 0.5) is 10.1 Å². The number of halogens is 1. The number of ether oxygens (including phenoxy) is 1. The third kappa shape index (κ3) is 3.68. The maximum atomic E-state index is 13.9. The summed E-state index contributed by atoms with van der Waals surface area (Å²) >= 11 is 0. The van der Waals surface area contributed by atoms with Crippen molar-refractivity contribution in [2.24, 2.45) is 0 Å². The van der Waals surface area contributed by atoms with Crippen LogP contribution in [0.15, 0.2) is 47.4 Å². The molecule has 0 aromatic heterocycles. The van der Waals surface area contributed by atoms with Crippen LogP contribution >= 0.6 is 0 Å². The van der Waals surface area contributed by atoms with Gasteiger partial charge in [-0.25, -0.2) is 17.6 Å². The van der Waals surface area contributed by atoms with Crippen LogP contribution in [-0.4, -0.2) is 21.5 Å². The molecule has 7 heteroatoms. The first-order valence-corrected chi connectivity index (χ1v) is 8.36. The van der Waals surface area contributed by atoms with Crippen molar-refractivity contribution in [2.75, 3.05) is 11.8 Å². The van der Waals surface area contributed by atoms with Crippen LogP contribution < -0.4 is 4.72 Å². The van der Waals surface area contributed by atoms with Gasteiger partial charge in [0, 0.05) is 0 Å². The van der Waals surface area contributed by atoms with Crippen LogP contribution in [-0.2, 0) is 21.2 Å². The second kappa shape index (κ2) is 6.78. The van der Waals surface area contributed by atoms with Crippen molar-refractivity contribution in [1.82, 2.24) is 0 Å². The molecule has 2 rings (SSSR count). The normalized spacial score (nSPS) is 11.1. The van der Waals surface area contributed by atoms with Crippen LogP contribution in [0.3, 0.4) is 0 Å². The Morgan fingerprint density at radius 3 is 2.57 bits per heavy atom. The van der Waals surface area contributed by atoms with E-state index in [9.17, 15) is 17.6 Å². The summed E-state index contributed by atoms with van der Waals surface area (Å²) in [5.74, 6) is -1.69. The average Bonchev–Trinajstić information content (AvgIpc) is 2.54. The highest BCUT2D eigenvalue weighted by Gasteiger charge is 2.22. The quantitative estimate of drug-likeness (QED) is 0.852. The number of hydrogen-bond acceptors (Lipinski definition) is 4. The summed E-state index contributed by atoms with van der Waals surface area (Å²) < 4.78 is 45.7. The first kappa shape index (κ1) is 17.0. The van der Waals surface area contributed by atoms with Crippen molar-refractivity contribution in [1.29, 1.82) is 0 Å². The standard InChI is InChI=1S/C16H16FNO4S/c1-3-11-6-4-5-7-14(11)18-23(20,21)15-10-12(16(19)22-2)8-9-13(15)17/h4-10,18H,3H2,1-2H3. The summed E-state index contributed by atoms with van der Waals surface area (Å²) in [6.45, 7) is 1.88. The van der Waals surface area contributed by atoms with Crippen molar-refractivity contribution in [2.45, 2.75) is 18.2 Å². The molecule has 0 saturated heterocycles. The Kier molecular flexibility index (Phi) is 5.00. The topological polar surface area (TPSA) is 72.5 Å². The summed E-state index contributed by atoms with van der Waals surface area (Å²) in [6, 6.07) is 9.88. The van der Waals surface area contributed by atoms with Gasteiger partial charge in [-0.15, -0.1) is 0 Å². The summed E-state index contributed by atoms with van der Waals surface area (Å²) in [5, 5.41) is 0. The number of anilines is 1. The first-order chi connectivity index (χ1) is 10.9. The van der Waals surface area contributed by atoms with E-state index in [1.807, 2.05) is 6.92 Å². The van der Waals surface area contributed by atoms with E-state index in [-0.39, 0.29) is 5.56 Å². The molecule has 0 saturated carbocycles. The number of methoxy groups -OCH3 is 1. The molecular weight excluding hydrogens is 321 g/mol. The maximum Gasteiger partial charge on any atom is 0.337 e. The third-order valence-corrected chi connectivity index (χ3v) is 4.66. The lowest BCUT2D eigenvalue weighted by molar-refractivity contribution is 0.0600. The Hall–Kier alpha value is -2.41. The average molecular weight is 337 g/mol. The van der Waals surface area contributed by atoms with E-state index >= 15 is 0 Å². The zero-order chi connectivity index (χ0) is 17.0. The fourth-order valence-electron chi connectivity index (χ4n) is 2.08. The summed E-state index contributed by atoms with van der Waals surface area (Å²) in [6.07, 6.45) is 0.614. The Morgan fingerprint density at radius 2 is 1.91 bits per heavy atom. The van der Waals surface area contributed by atoms with Gasteiger partial charge in [-0.05, 0) is 36.2 Å². The molecule has 0 fully saturated rings. The number of benzene rings is 2. The van der Waals surface area contributed by atoms with Crippen molar-refractivity contribution < 1.29 is 22.3 Å². The molecule has 23 heavy (non-hydrogen) atoms. The van der Waals surface area contributed by atoms with E-state index in [2.05, 4.69) is 9.46 Å². The van der Waals surface area contributed by atoms with Crippen LogP contribution in [0.5, 0.6) is 0 Å². The molecular formula is C16H16FNO4S. The van der Waals surface area contributed by atoms with Crippen molar-refractivity contribution in [3.8, 4) is 0 Å². The van der Waals surface area contributed by atoms with Gasteiger partial charge < -0.3 is 4.74 Å². The minimum atomic E-state index is -4.17. The maximum absolute atomic E-state index is 13.9. The van der Waals surface area contributed by atoms with Crippen LogP contribution in [0.1, 0.15) is 22.8 Å². The Labute approximate surface area is 134 Å². The molecule has 2 aromatic carbocycles. The predicted molar refractivity (Wildman–Crippen MR) is 84.4 cm³/mol. The zero-order valence-electron chi connectivity index (χ0n) is 12.7. The van der Waals surface area contributed by atoms with Crippen LogP contribution in [0.25, 0.3) is 0 Å². The molecule has 122 valence electrons. The largest absolute Gasteiger partial charge is 0.465 e. The minimum absolute atomic E-state index is 0.0435. The molecule has 0 bridgehead atoms. The number of carbonyl (C=O) groups excluding carboxylic acids is 1. The second-order valence-electron chi connectivity index (χ2n) is 4.75. The summed E-state index contributed by atoms with van der Waals surface area (Å²) in [5.41, 5.74) is 1.11. The van der Waals surface area contributed by atoms with Crippen LogP contribution in [0.2, 0.25) is 0 Å². The highest BCUT2D eigenvalue weighted by molar-refractivity contribution is 7.92. The van der Waals surface area contributed by atoms with Crippen LogP contribution in [0, 0.1) is 5.82 Å². The molecule has 0 spiro atoms. The van der Waals surface area contributed by atoms with E-state index in [0.29, 0.717) is 12.1 Å². The lowest BCUT2D eigenvalue weighted by atomic mass is 10.1. The van der Waals surface area contributed by atoms with Gasteiger partial charge in [-0.3, -0.25) is 4.72 Å². The molecule has 0 unspecified atom stereocenters. The fraction of sp³-hybridized carbons (Fsp3) is 0.188. The first-order valence-electron chi connectivity index (χ1n) is 6.87. The molecule has 0 heterocycles. The fourth-order valence-corrected chi connectivity index (χ4v) is 3.29. The van der Waals surface area contributed by atoms with Crippen molar-refractivity contribution >= 4 is 21.7 Å². The number of sulfonamides is 1. The Bertz CT molecular complexity index is 834. The van der Waals surface area contributed by atoms with E-state index in [4.69, 9.17) is 0 Å². The van der Waals surface area contributed by atoms with Gasteiger partial charge in [0.15, 0.2) is 0 Å². The molecule has 0 aliphatic heterocycles. The van der Waals surface area contributed by atoms with E-state index < -0.39 is 26.7 Å². The van der Waals surface area contributed by atoms with Crippen molar-refractivity contribution in [3.05, 3.63) is 59.4 Å². The van der Waals surface area contributed by atoms with E-state index in [0.717, 1.165) is 24.8 Å². The number of rotatable bonds is 5. The smallest absolute Gasteiger partial charge is 0.337 e. The molecule has 0 atom stereocenters. The van der Waals surface area contributed by atoms with E-state index in [1.165, 1.54) is 6.07 Å². The lowest BCUT2D eigenvalue weighted by Crippen LogP contribution is -2.16. The third-order valence-electron chi connectivity index (χ3n) is 3.28. The number of carbonyl (C=O) groups is 1. The molecule has 1 N–H and O–H groups in total. The van der Waals surface area contributed by atoms with Gasteiger partial charge in [-0.1, -0.05) is 25.1 Å². The minimum Gasteiger partial charge on any atom is -0.465 e. The summed E-state index contributed by atoms with van der Waals surface area (Å²) in [7, 11) is -3.01. The van der Waals surface area contributed by atoms with Gasteiger partial charge in [0.25, 0.3) is 10.0 Å². The Balaban J connectivity index is 2.45. The number of hydrogen-bond donors (Lipinski definition) is 1. The highest BCUT2D eigenvalue weighted by atomic mass is 32.2. The second-order valence-corrected chi connectivity index (χ2v) is 6.40. The molecule has 0 aliphatic carbocycles. The van der Waals surface area contributed by atoms with Gasteiger partial charge >= 0.3 is 5.97 Å². The number of nitrogens with one attached hydrogen (secondary N) is 1. The molecule has 0 radical (unpaired) electrons. The molecule has 2 aromatic rings. The zero-order valence-corrected chi connectivity index (χ0v) is 13.5. The number of para-hydroxylation sites is 1. The van der Waals surface area contributed by atoms with Crippen molar-refractivity contribution in [3.63, 3.8) is 0 Å². The predicted octanol–water partition coefficient (Wildman–Crippen LogP) is 2.98. The number of esters is 1. The Morgan fingerprint density at radius 1 is 1.22 bits per heavy atom. The van der Waals surface area contributed by atoms with Gasteiger partial charge in [-0.2, -0.15) is 0 Å². The SMILES string of the molecule is CCc1ccccc1NS(=O)(=O)c1cc(C(=O)OC)ccc1F. The summed E-state index contributed by atoms with van der Waals surface area (Å²) in [4.78, 5) is 10.9. The lowest BCUT2D eigenvalue weighted by Gasteiger charge is -2.12. The monoisotopic (exact) mass is 337 g/mol. The molecule has 0 amide bonds. The van der Waals surface area contributed by atoms with Gasteiger partial charge in [0.2, 0.25) is 0 Å². The van der Waals surface area contributed by atoms with Gasteiger partial charge in [0.05, 0.1) is 18.4 Å².